The fourth-order valence-electron chi connectivity index (χ4n) is 2.37. The maximum Gasteiger partial charge on any atom is 0.341 e. The summed E-state index contributed by atoms with van der Waals surface area (Å²) < 4.78 is 6.98. The molecule has 0 radical (unpaired) electrons. The van der Waals surface area contributed by atoms with Gasteiger partial charge < -0.3 is 14.6 Å². The second-order valence-electron chi connectivity index (χ2n) is 5.60. The van der Waals surface area contributed by atoms with E-state index in [2.05, 4.69) is 10.3 Å². The van der Waals surface area contributed by atoms with Gasteiger partial charge >= 0.3 is 5.97 Å². The van der Waals surface area contributed by atoms with Crippen LogP contribution in [0.4, 0.5) is 5.00 Å². The van der Waals surface area contributed by atoms with Crippen molar-refractivity contribution in [2.75, 3.05) is 17.7 Å². The number of benzene rings is 1. The molecule has 3 rings (SSSR count). The van der Waals surface area contributed by atoms with E-state index in [-0.39, 0.29) is 18.3 Å². The Morgan fingerprint density at radius 2 is 2.07 bits per heavy atom. The second kappa shape index (κ2) is 8.88. The van der Waals surface area contributed by atoms with E-state index in [9.17, 15) is 9.59 Å². The number of amides is 1. The van der Waals surface area contributed by atoms with Crippen molar-refractivity contribution < 1.29 is 14.3 Å². The number of thioether (sulfide) groups is 1. The highest BCUT2D eigenvalue weighted by molar-refractivity contribution is 7.99. The number of aryl methyl sites for hydroxylation is 1. The third kappa shape index (κ3) is 4.78. The van der Waals surface area contributed by atoms with Crippen LogP contribution < -0.4 is 5.32 Å². The van der Waals surface area contributed by atoms with Crippen molar-refractivity contribution in [3.05, 3.63) is 54.4 Å². The van der Waals surface area contributed by atoms with Gasteiger partial charge in [0.05, 0.1) is 17.9 Å². The Bertz CT molecular complexity index is 935. The molecular weight excluding hydrogens is 382 g/mol. The first-order valence-electron chi connectivity index (χ1n) is 8.34. The summed E-state index contributed by atoms with van der Waals surface area (Å²) in [6.07, 6.45) is 3.51. The number of anilines is 1. The van der Waals surface area contributed by atoms with E-state index in [0.29, 0.717) is 10.6 Å². The predicted molar refractivity (Wildman–Crippen MR) is 108 cm³/mol. The van der Waals surface area contributed by atoms with Crippen LogP contribution in [0.1, 0.15) is 17.3 Å². The van der Waals surface area contributed by atoms with Gasteiger partial charge in [-0.2, -0.15) is 0 Å². The average Bonchev–Trinajstić information content (AvgIpc) is 3.27. The summed E-state index contributed by atoms with van der Waals surface area (Å²) in [5.41, 5.74) is 1.35. The SMILES string of the molecule is CCOC(=O)c1cc(-c2ccccc2)sc1NC(=O)CSc1nccn1C. The number of esters is 1. The molecule has 2 aromatic heterocycles. The Morgan fingerprint density at radius 1 is 1.30 bits per heavy atom. The van der Waals surface area contributed by atoms with Crippen LogP contribution in [0.3, 0.4) is 0 Å². The highest BCUT2D eigenvalue weighted by Gasteiger charge is 2.20. The van der Waals surface area contributed by atoms with Crippen LogP contribution in [0.2, 0.25) is 0 Å². The van der Waals surface area contributed by atoms with Crippen molar-refractivity contribution in [2.24, 2.45) is 7.05 Å². The van der Waals surface area contributed by atoms with Crippen LogP contribution in [0.5, 0.6) is 0 Å². The molecule has 3 aromatic rings. The van der Waals surface area contributed by atoms with Crippen molar-refractivity contribution >= 4 is 40.0 Å². The number of hydrogen-bond acceptors (Lipinski definition) is 6. The topological polar surface area (TPSA) is 73.2 Å². The molecule has 6 nitrogen and oxygen atoms in total. The molecule has 0 spiro atoms. The first kappa shape index (κ1) is 19.2. The van der Waals surface area contributed by atoms with E-state index < -0.39 is 5.97 Å². The van der Waals surface area contributed by atoms with Crippen molar-refractivity contribution in [1.29, 1.82) is 0 Å². The maximum absolute atomic E-state index is 12.4. The Balaban J connectivity index is 1.78. The quantitative estimate of drug-likeness (QED) is 0.477. The molecule has 0 fully saturated rings. The van der Waals surface area contributed by atoms with E-state index in [1.807, 2.05) is 48.1 Å². The van der Waals surface area contributed by atoms with Crippen molar-refractivity contribution in [1.82, 2.24) is 9.55 Å². The number of ether oxygens (including phenoxy) is 1. The van der Waals surface area contributed by atoms with Crippen LogP contribution in [0, 0.1) is 0 Å². The fraction of sp³-hybridized carbons (Fsp3) is 0.211. The number of imidazole rings is 1. The molecule has 0 atom stereocenters. The zero-order chi connectivity index (χ0) is 19.2. The maximum atomic E-state index is 12.4. The molecule has 1 amide bonds. The lowest BCUT2D eigenvalue weighted by Crippen LogP contribution is -2.16. The molecule has 0 bridgehead atoms. The molecule has 0 aliphatic heterocycles. The van der Waals surface area contributed by atoms with Gasteiger partial charge in [-0.3, -0.25) is 4.79 Å². The summed E-state index contributed by atoms with van der Waals surface area (Å²) in [6, 6.07) is 11.5. The number of carbonyl (C=O) groups excluding carboxylic acids is 2. The molecule has 1 N–H and O–H groups in total. The second-order valence-corrected chi connectivity index (χ2v) is 7.59. The molecule has 1 aromatic carbocycles. The summed E-state index contributed by atoms with van der Waals surface area (Å²) >= 11 is 2.70. The summed E-state index contributed by atoms with van der Waals surface area (Å²) in [6.45, 7) is 2.03. The van der Waals surface area contributed by atoms with Gasteiger partial charge in [0.15, 0.2) is 5.16 Å². The standard InChI is InChI=1S/C19H19N3O3S2/c1-3-25-18(24)14-11-15(13-7-5-4-6-8-13)27-17(14)21-16(23)12-26-19-20-9-10-22(19)2/h4-11H,3,12H2,1-2H3,(H,21,23). The van der Waals surface area contributed by atoms with Gasteiger partial charge in [0.2, 0.25) is 5.91 Å². The zero-order valence-corrected chi connectivity index (χ0v) is 16.6. The van der Waals surface area contributed by atoms with Crippen LogP contribution in [0.15, 0.2) is 53.9 Å². The molecule has 0 aliphatic carbocycles. The molecule has 0 unspecified atom stereocenters. The Labute approximate surface area is 165 Å². The largest absolute Gasteiger partial charge is 0.462 e. The number of aromatic nitrogens is 2. The number of nitrogens with one attached hydrogen (secondary N) is 1. The van der Waals surface area contributed by atoms with Gasteiger partial charge in [-0.15, -0.1) is 11.3 Å². The first-order chi connectivity index (χ1) is 13.1. The van der Waals surface area contributed by atoms with Crippen LogP contribution in [-0.4, -0.2) is 33.8 Å². The van der Waals surface area contributed by atoms with Gasteiger partial charge in [-0.25, -0.2) is 9.78 Å². The number of carbonyl (C=O) groups is 2. The summed E-state index contributed by atoms with van der Waals surface area (Å²) in [7, 11) is 1.87. The molecular formula is C19H19N3O3S2. The normalized spacial score (nSPS) is 10.6. The van der Waals surface area contributed by atoms with Gasteiger partial charge in [-0.1, -0.05) is 42.1 Å². The highest BCUT2D eigenvalue weighted by atomic mass is 32.2. The van der Waals surface area contributed by atoms with E-state index >= 15 is 0 Å². The van der Waals surface area contributed by atoms with Crippen molar-refractivity contribution in [3.63, 3.8) is 0 Å². The molecule has 27 heavy (non-hydrogen) atoms. The number of hydrogen-bond donors (Lipinski definition) is 1. The van der Waals surface area contributed by atoms with Crippen LogP contribution in [-0.2, 0) is 16.6 Å². The van der Waals surface area contributed by atoms with Crippen molar-refractivity contribution in [2.45, 2.75) is 12.1 Å². The molecule has 0 saturated heterocycles. The smallest absolute Gasteiger partial charge is 0.341 e. The summed E-state index contributed by atoms with van der Waals surface area (Å²) in [5.74, 6) is -0.441. The Hall–Kier alpha value is -2.58. The average molecular weight is 402 g/mol. The van der Waals surface area contributed by atoms with E-state index in [4.69, 9.17) is 4.74 Å². The minimum atomic E-state index is -0.442. The Morgan fingerprint density at radius 3 is 2.74 bits per heavy atom. The van der Waals surface area contributed by atoms with Gasteiger partial charge in [0, 0.05) is 24.3 Å². The zero-order valence-electron chi connectivity index (χ0n) is 15.0. The van der Waals surface area contributed by atoms with E-state index in [0.717, 1.165) is 15.6 Å². The molecule has 8 heteroatoms. The monoisotopic (exact) mass is 401 g/mol. The van der Waals surface area contributed by atoms with Gasteiger partial charge in [0.1, 0.15) is 5.00 Å². The lowest BCUT2D eigenvalue weighted by Gasteiger charge is -2.06. The molecule has 0 saturated carbocycles. The third-order valence-electron chi connectivity index (χ3n) is 3.65. The third-order valence-corrected chi connectivity index (χ3v) is 5.81. The van der Waals surface area contributed by atoms with Gasteiger partial charge in [0.25, 0.3) is 0 Å². The van der Waals surface area contributed by atoms with Crippen LogP contribution in [0.25, 0.3) is 10.4 Å². The lowest BCUT2D eigenvalue weighted by atomic mass is 10.1. The Kier molecular flexibility index (Phi) is 6.31. The fourth-order valence-corrected chi connectivity index (χ4v) is 4.17. The number of nitrogens with zero attached hydrogens (tertiary/aromatic N) is 2. The van der Waals surface area contributed by atoms with Crippen LogP contribution >= 0.6 is 23.1 Å². The van der Waals surface area contributed by atoms with E-state index in [1.165, 1.54) is 23.1 Å². The minimum Gasteiger partial charge on any atom is -0.462 e. The highest BCUT2D eigenvalue weighted by Crippen LogP contribution is 2.36. The number of thiophene rings is 1. The number of rotatable bonds is 7. The predicted octanol–water partition coefficient (Wildman–Crippen LogP) is 4.06. The van der Waals surface area contributed by atoms with E-state index in [1.54, 1.807) is 19.2 Å². The van der Waals surface area contributed by atoms with Gasteiger partial charge in [-0.05, 0) is 18.6 Å². The molecule has 0 aliphatic rings. The first-order valence-corrected chi connectivity index (χ1v) is 10.1. The summed E-state index contributed by atoms with van der Waals surface area (Å²) in [4.78, 5) is 29.8. The molecule has 2 heterocycles. The summed E-state index contributed by atoms with van der Waals surface area (Å²) in [5, 5.41) is 4.10. The minimum absolute atomic E-state index is 0.199. The molecule has 140 valence electrons. The van der Waals surface area contributed by atoms with Crippen molar-refractivity contribution in [3.8, 4) is 10.4 Å². The lowest BCUT2D eigenvalue weighted by molar-refractivity contribution is -0.113.